The number of aromatic nitrogens is 2. The van der Waals surface area contributed by atoms with E-state index in [0.29, 0.717) is 11.8 Å². The average Bonchev–Trinajstić information content (AvgIpc) is 3.41. The predicted octanol–water partition coefficient (Wildman–Crippen LogP) is 5.51. The summed E-state index contributed by atoms with van der Waals surface area (Å²) in [6.45, 7) is 6.12. The molecular formula is C22H26N2O. The van der Waals surface area contributed by atoms with Crippen LogP contribution in [0.25, 0.3) is 11.0 Å². The molecule has 1 saturated carbocycles. The second-order valence-corrected chi connectivity index (χ2v) is 7.31. The molecule has 4 rings (SSSR count). The van der Waals surface area contributed by atoms with E-state index in [2.05, 4.69) is 66.9 Å². The minimum Gasteiger partial charge on any atom is -0.494 e. The van der Waals surface area contributed by atoms with Crippen molar-refractivity contribution in [1.82, 2.24) is 9.55 Å². The van der Waals surface area contributed by atoms with Crippen LogP contribution in [0.4, 0.5) is 0 Å². The highest BCUT2D eigenvalue weighted by molar-refractivity contribution is 5.76. The molecule has 130 valence electrons. The molecule has 0 unspecified atom stereocenters. The molecule has 25 heavy (non-hydrogen) atoms. The lowest BCUT2D eigenvalue weighted by atomic mass is 10.0. The maximum atomic E-state index is 5.93. The van der Waals surface area contributed by atoms with E-state index >= 15 is 0 Å². The first-order valence-electron chi connectivity index (χ1n) is 9.40. The second-order valence-electron chi connectivity index (χ2n) is 7.31. The summed E-state index contributed by atoms with van der Waals surface area (Å²) >= 11 is 0. The lowest BCUT2D eigenvalue weighted by molar-refractivity contribution is 0.301. The lowest BCUT2D eigenvalue weighted by Gasteiger charge is -2.11. The maximum absolute atomic E-state index is 5.93. The number of benzene rings is 2. The van der Waals surface area contributed by atoms with Crippen molar-refractivity contribution in [2.45, 2.75) is 51.5 Å². The van der Waals surface area contributed by atoms with Gasteiger partial charge in [-0.25, -0.2) is 4.98 Å². The van der Waals surface area contributed by atoms with Crippen molar-refractivity contribution >= 4 is 11.0 Å². The van der Waals surface area contributed by atoms with Gasteiger partial charge in [0.1, 0.15) is 11.6 Å². The molecule has 1 aromatic heterocycles. The Balaban J connectivity index is 1.38. The second kappa shape index (κ2) is 6.91. The molecular weight excluding hydrogens is 308 g/mol. The zero-order valence-electron chi connectivity index (χ0n) is 15.1. The van der Waals surface area contributed by atoms with Crippen molar-refractivity contribution in [2.24, 2.45) is 0 Å². The standard InChI is InChI=1S/C22H26N2O/c1-16(2)17-10-12-19(13-11-17)25-15-5-14-24-21-7-4-3-6-20(21)23-22(24)18-8-9-18/h3-4,6-7,10-13,16,18H,5,8-9,14-15H2,1-2H3. The van der Waals surface area contributed by atoms with Gasteiger partial charge in [-0.2, -0.15) is 0 Å². The fourth-order valence-corrected chi connectivity index (χ4v) is 3.34. The Bertz CT molecular complexity index is 844. The van der Waals surface area contributed by atoms with Crippen molar-refractivity contribution in [3.63, 3.8) is 0 Å². The highest BCUT2D eigenvalue weighted by Gasteiger charge is 2.29. The molecule has 0 radical (unpaired) electrons. The minimum atomic E-state index is 0.560. The molecule has 0 atom stereocenters. The zero-order valence-corrected chi connectivity index (χ0v) is 15.1. The van der Waals surface area contributed by atoms with Gasteiger partial charge in [-0.05, 0) is 55.0 Å². The molecule has 3 aromatic rings. The third kappa shape index (κ3) is 3.55. The molecule has 3 nitrogen and oxygen atoms in total. The summed E-state index contributed by atoms with van der Waals surface area (Å²) < 4.78 is 8.33. The predicted molar refractivity (Wildman–Crippen MR) is 102 cm³/mol. The fourth-order valence-electron chi connectivity index (χ4n) is 3.34. The van der Waals surface area contributed by atoms with E-state index in [-0.39, 0.29) is 0 Å². The summed E-state index contributed by atoms with van der Waals surface area (Å²) in [5, 5.41) is 0. The molecule has 2 aromatic carbocycles. The van der Waals surface area contributed by atoms with Crippen LogP contribution in [0.2, 0.25) is 0 Å². The highest BCUT2D eigenvalue weighted by Crippen LogP contribution is 2.40. The van der Waals surface area contributed by atoms with Gasteiger partial charge in [-0.15, -0.1) is 0 Å². The Labute approximate surface area is 149 Å². The summed E-state index contributed by atoms with van der Waals surface area (Å²) in [6, 6.07) is 17.0. The molecule has 3 heteroatoms. The summed E-state index contributed by atoms with van der Waals surface area (Å²) in [7, 11) is 0. The van der Waals surface area contributed by atoms with Gasteiger partial charge in [-0.1, -0.05) is 38.1 Å². The molecule has 1 aliphatic rings. The van der Waals surface area contributed by atoms with Crippen LogP contribution < -0.4 is 4.74 Å². The van der Waals surface area contributed by atoms with Gasteiger partial charge in [0.2, 0.25) is 0 Å². The van der Waals surface area contributed by atoms with Gasteiger partial charge < -0.3 is 9.30 Å². The number of nitrogens with zero attached hydrogens (tertiary/aromatic N) is 2. The molecule has 0 spiro atoms. The molecule has 1 heterocycles. The van der Waals surface area contributed by atoms with Gasteiger partial charge in [-0.3, -0.25) is 0 Å². The Morgan fingerprint density at radius 1 is 1.08 bits per heavy atom. The van der Waals surface area contributed by atoms with Gasteiger partial charge in [0.05, 0.1) is 17.6 Å². The van der Waals surface area contributed by atoms with Gasteiger partial charge >= 0.3 is 0 Å². The van der Waals surface area contributed by atoms with Crippen LogP contribution in [-0.4, -0.2) is 16.2 Å². The number of hydrogen-bond donors (Lipinski definition) is 0. The normalized spacial score (nSPS) is 14.4. The third-order valence-corrected chi connectivity index (χ3v) is 4.97. The molecule has 0 amide bonds. The minimum absolute atomic E-state index is 0.560. The number of imidazole rings is 1. The van der Waals surface area contributed by atoms with E-state index in [1.807, 2.05) is 0 Å². The third-order valence-electron chi connectivity index (χ3n) is 4.97. The van der Waals surface area contributed by atoms with Crippen LogP contribution in [0.3, 0.4) is 0 Å². The molecule has 1 aliphatic carbocycles. The highest BCUT2D eigenvalue weighted by atomic mass is 16.5. The monoisotopic (exact) mass is 334 g/mol. The number of rotatable bonds is 7. The van der Waals surface area contributed by atoms with E-state index in [9.17, 15) is 0 Å². The number of ether oxygens (including phenoxy) is 1. The number of hydrogen-bond acceptors (Lipinski definition) is 2. The topological polar surface area (TPSA) is 27.1 Å². The maximum Gasteiger partial charge on any atom is 0.119 e. The Morgan fingerprint density at radius 2 is 1.84 bits per heavy atom. The summed E-state index contributed by atoms with van der Waals surface area (Å²) in [5.41, 5.74) is 3.73. The van der Waals surface area contributed by atoms with Gasteiger partial charge in [0.25, 0.3) is 0 Å². The van der Waals surface area contributed by atoms with Gasteiger partial charge in [0.15, 0.2) is 0 Å². The van der Waals surface area contributed by atoms with Crippen LogP contribution in [0, 0.1) is 0 Å². The Morgan fingerprint density at radius 3 is 2.56 bits per heavy atom. The molecule has 1 fully saturated rings. The van der Waals surface area contributed by atoms with Crippen LogP contribution >= 0.6 is 0 Å². The van der Waals surface area contributed by atoms with E-state index in [1.165, 1.54) is 29.7 Å². The average molecular weight is 334 g/mol. The van der Waals surface area contributed by atoms with E-state index in [1.54, 1.807) is 0 Å². The molecule has 0 N–H and O–H groups in total. The SMILES string of the molecule is CC(C)c1ccc(OCCCn2c(C3CC3)nc3ccccc32)cc1. The van der Waals surface area contributed by atoms with Crippen LogP contribution in [0.5, 0.6) is 5.75 Å². The van der Waals surface area contributed by atoms with Crippen molar-refractivity contribution in [3.05, 3.63) is 59.9 Å². The Hall–Kier alpha value is -2.29. The number of aryl methyl sites for hydroxylation is 1. The van der Waals surface area contributed by atoms with E-state index in [0.717, 1.165) is 30.8 Å². The lowest BCUT2D eigenvalue weighted by Crippen LogP contribution is -2.07. The number of fused-ring (bicyclic) bond motifs is 1. The van der Waals surface area contributed by atoms with E-state index < -0.39 is 0 Å². The smallest absolute Gasteiger partial charge is 0.119 e. The fraction of sp³-hybridized carbons (Fsp3) is 0.409. The number of para-hydroxylation sites is 2. The van der Waals surface area contributed by atoms with Crippen LogP contribution in [0.1, 0.15) is 56.3 Å². The molecule has 0 bridgehead atoms. The first-order chi connectivity index (χ1) is 12.2. The first kappa shape index (κ1) is 16.2. The first-order valence-corrected chi connectivity index (χ1v) is 9.40. The van der Waals surface area contributed by atoms with Crippen LogP contribution in [0.15, 0.2) is 48.5 Å². The summed E-state index contributed by atoms with van der Waals surface area (Å²) in [4.78, 5) is 4.86. The van der Waals surface area contributed by atoms with Crippen molar-refractivity contribution in [3.8, 4) is 5.75 Å². The van der Waals surface area contributed by atoms with Crippen molar-refractivity contribution in [2.75, 3.05) is 6.61 Å². The zero-order chi connectivity index (χ0) is 17.2. The molecule has 0 saturated heterocycles. The summed E-state index contributed by atoms with van der Waals surface area (Å²) in [5.74, 6) is 3.45. The Kier molecular flexibility index (Phi) is 4.48. The van der Waals surface area contributed by atoms with Crippen molar-refractivity contribution < 1.29 is 4.74 Å². The van der Waals surface area contributed by atoms with E-state index in [4.69, 9.17) is 9.72 Å². The van der Waals surface area contributed by atoms with Gasteiger partial charge in [0, 0.05) is 12.5 Å². The summed E-state index contributed by atoms with van der Waals surface area (Å²) in [6.07, 6.45) is 3.55. The quantitative estimate of drug-likeness (QED) is 0.533. The molecule has 0 aliphatic heterocycles. The largest absolute Gasteiger partial charge is 0.494 e. The van der Waals surface area contributed by atoms with Crippen LogP contribution in [-0.2, 0) is 6.54 Å². The van der Waals surface area contributed by atoms with Crippen molar-refractivity contribution in [1.29, 1.82) is 0 Å².